The van der Waals surface area contributed by atoms with Gasteiger partial charge in [0.2, 0.25) is 0 Å². The summed E-state index contributed by atoms with van der Waals surface area (Å²) in [6.07, 6.45) is 12.8. The molecule has 3 nitrogen and oxygen atoms in total. The Morgan fingerprint density at radius 1 is 0.758 bits per heavy atom. The van der Waals surface area contributed by atoms with Crippen LogP contribution in [-0.2, 0) is 12.8 Å². The molecule has 4 heteroatoms. The van der Waals surface area contributed by atoms with Crippen LogP contribution in [0.5, 0.6) is 0 Å². The zero-order chi connectivity index (χ0) is 22.6. The predicted molar refractivity (Wildman–Crippen MR) is 137 cm³/mol. The fraction of sp³-hybridized carbons (Fsp3) is 0.379. The van der Waals surface area contributed by atoms with Gasteiger partial charge in [-0.3, -0.25) is 9.97 Å². The Hall–Kier alpha value is -2.49. The standard InChI is InChI=1S/C29H31ClN2O/c30-27-21-14-7-5-3-1-2-4-6-8-16-25(27)32-28-22-15-10-9-13-20(22)24(19-23(21)28)29(33)26-17-11-12-18-31-26/h9-13,15,17-19,29,33H,1-8,14,16H2. The molecule has 2 aromatic heterocycles. The van der Waals surface area contributed by atoms with Crippen LogP contribution in [0.15, 0.2) is 54.7 Å². The van der Waals surface area contributed by atoms with Crippen LogP contribution in [0.25, 0.3) is 21.7 Å². The molecule has 0 saturated carbocycles. The van der Waals surface area contributed by atoms with Crippen molar-refractivity contribution < 1.29 is 5.11 Å². The van der Waals surface area contributed by atoms with Gasteiger partial charge in [0.25, 0.3) is 0 Å². The van der Waals surface area contributed by atoms with Gasteiger partial charge in [-0.15, -0.1) is 0 Å². The minimum absolute atomic E-state index is 0.651. The van der Waals surface area contributed by atoms with Crippen LogP contribution in [0, 0.1) is 0 Å². The third-order valence-electron chi connectivity index (χ3n) is 6.99. The monoisotopic (exact) mass is 458 g/mol. The van der Waals surface area contributed by atoms with E-state index >= 15 is 0 Å². The summed E-state index contributed by atoms with van der Waals surface area (Å²) in [7, 11) is 0. The van der Waals surface area contributed by atoms with E-state index in [9.17, 15) is 5.11 Å². The molecule has 2 heterocycles. The van der Waals surface area contributed by atoms with Crippen molar-refractivity contribution in [2.45, 2.75) is 70.3 Å². The third-order valence-corrected chi connectivity index (χ3v) is 7.44. The van der Waals surface area contributed by atoms with Crippen molar-refractivity contribution in [3.63, 3.8) is 0 Å². The smallest absolute Gasteiger partial charge is 0.122 e. The summed E-state index contributed by atoms with van der Waals surface area (Å²) in [5.74, 6) is 0. The Morgan fingerprint density at radius 2 is 1.42 bits per heavy atom. The van der Waals surface area contributed by atoms with E-state index in [1.54, 1.807) is 6.20 Å². The molecule has 1 N–H and O–H groups in total. The van der Waals surface area contributed by atoms with Crippen LogP contribution >= 0.6 is 11.6 Å². The Bertz CT molecular complexity index is 1260. The number of aryl methyl sites for hydroxylation is 2. The molecule has 5 rings (SSSR count). The molecule has 2 bridgehead atoms. The second kappa shape index (κ2) is 10.2. The number of pyridine rings is 2. The van der Waals surface area contributed by atoms with Crippen molar-refractivity contribution in [3.05, 3.63) is 82.3 Å². The maximum atomic E-state index is 11.3. The Labute approximate surface area is 200 Å². The maximum absolute atomic E-state index is 11.3. The van der Waals surface area contributed by atoms with Gasteiger partial charge in [0.15, 0.2) is 0 Å². The van der Waals surface area contributed by atoms with Crippen LogP contribution in [0.1, 0.15) is 80.0 Å². The van der Waals surface area contributed by atoms with Gasteiger partial charge in [-0.05, 0) is 60.4 Å². The van der Waals surface area contributed by atoms with Crippen LogP contribution in [-0.4, -0.2) is 15.1 Å². The summed E-state index contributed by atoms with van der Waals surface area (Å²) in [4.78, 5) is 9.54. The van der Waals surface area contributed by atoms with E-state index in [0.29, 0.717) is 5.69 Å². The number of nitrogens with zero attached hydrogens (tertiary/aromatic N) is 2. The molecule has 1 aliphatic rings. The van der Waals surface area contributed by atoms with E-state index in [0.717, 1.165) is 63.6 Å². The second-order valence-electron chi connectivity index (χ2n) is 9.24. The SMILES string of the molecule is OC(c1ccccn1)c1cc2c3c(Cl)c(nc2c2ccccc12)CCCCCCCCCC3. The van der Waals surface area contributed by atoms with Crippen LogP contribution in [0.2, 0.25) is 5.02 Å². The van der Waals surface area contributed by atoms with Crippen LogP contribution < -0.4 is 0 Å². The first-order valence-electron chi connectivity index (χ1n) is 12.4. The molecule has 0 aliphatic heterocycles. The summed E-state index contributed by atoms with van der Waals surface area (Å²) in [6.45, 7) is 0. The number of fused-ring (bicyclic) bond motifs is 6. The summed E-state index contributed by atoms with van der Waals surface area (Å²) in [6, 6.07) is 16.1. The van der Waals surface area contributed by atoms with Gasteiger partial charge in [0.05, 0.1) is 21.9 Å². The van der Waals surface area contributed by atoms with Gasteiger partial charge in [-0.1, -0.05) is 80.5 Å². The largest absolute Gasteiger partial charge is 0.382 e. The Kier molecular flexibility index (Phi) is 6.89. The molecule has 33 heavy (non-hydrogen) atoms. The molecule has 1 aliphatic carbocycles. The lowest BCUT2D eigenvalue weighted by Gasteiger charge is -2.19. The summed E-state index contributed by atoms with van der Waals surface area (Å²) in [5.41, 5.74) is 4.74. The number of halogens is 1. The highest BCUT2D eigenvalue weighted by atomic mass is 35.5. The maximum Gasteiger partial charge on any atom is 0.122 e. The number of aliphatic hydroxyl groups is 1. The van der Waals surface area contributed by atoms with Gasteiger partial charge in [-0.2, -0.15) is 0 Å². The first-order valence-corrected chi connectivity index (χ1v) is 12.7. The van der Waals surface area contributed by atoms with E-state index in [1.165, 1.54) is 44.1 Å². The summed E-state index contributed by atoms with van der Waals surface area (Å²) in [5, 5.41) is 15.3. The van der Waals surface area contributed by atoms with Crippen molar-refractivity contribution in [1.29, 1.82) is 0 Å². The number of aliphatic hydroxyl groups excluding tert-OH is 1. The van der Waals surface area contributed by atoms with Crippen LogP contribution in [0.3, 0.4) is 0 Å². The van der Waals surface area contributed by atoms with Crippen molar-refractivity contribution in [3.8, 4) is 0 Å². The number of hydrogen-bond donors (Lipinski definition) is 1. The molecule has 2 aromatic carbocycles. The second-order valence-corrected chi connectivity index (χ2v) is 9.62. The lowest BCUT2D eigenvalue weighted by molar-refractivity contribution is 0.217. The quantitative estimate of drug-likeness (QED) is 0.312. The summed E-state index contributed by atoms with van der Waals surface area (Å²) >= 11 is 7.02. The summed E-state index contributed by atoms with van der Waals surface area (Å²) < 4.78 is 0. The van der Waals surface area contributed by atoms with Gasteiger partial charge in [0.1, 0.15) is 6.10 Å². The van der Waals surface area contributed by atoms with Crippen molar-refractivity contribution in [1.82, 2.24) is 9.97 Å². The number of aromatic nitrogens is 2. The molecular weight excluding hydrogens is 428 g/mol. The van der Waals surface area contributed by atoms with Gasteiger partial charge in [-0.25, -0.2) is 0 Å². The fourth-order valence-corrected chi connectivity index (χ4v) is 5.54. The highest BCUT2D eigenvalue weighted by molar-refractivity contribution is 6.33. The molecular formula is C29H31ClN2O. The zero-order valence-electron chi connectivity index (χ0n) is 19.1. The first kappa shape index (κ1) is 22.3. The molecule has 0 amide bonds. The molecule has 1 unspecified atom stereocenters. The normalized spacial score (nSPS) is 16.7. The molecule has 0 spiro atoms. The third kappa shape index (κ3) is 4.62. The molecule has 4 aromatic rings. The van der Waals surface area contributed by atoms with E-state index in [-0.39, 0.29) is 0 Å². The lowest BCUT2D eigenvalue weighted by Crippen LogP contribution is -2.05. The number of rotatable bonds is 2. The highest BCUT2D eigenvalue weighted by Crippen LogP contribution is 2.38. The predicted octanol–water partition coefficient (Wildman–Crippen LogP) is 7.74. The molecule has 1 atom stereocenters. The molecule has 0 saturated heterocycles. The van der Waals surface area contributed by atoms with E-state index in [1.807, 2.05) is 24.3 Å². The minimum Gasteiger partial charge on any atom is -0.382 e. The highest BCUT2D eigenvalue weighted by Gasteiger charge is 2.21. The van der Waals surface area contributed by atoms with Crippen molar-refractivity contribution in [2.24, 2.45) is 0 Å². The van der Waals surface area contributed by atoms with Gasteiger partial charge >= 0.3 is 0 Å². The minimum atomic E-state index is -0.805. The van der Waals surface area contributed by atoms with E-state index in [4.69, 9.17) is 16.6 Å². The average Bonchev–Trinajstić information content (AvgIpc) is 2.86. The molecule has 0 radical (unpaired) electrons. The van der Waals surface area contributed by atoms with Gasteiger partial charge < -0.3 is 5.11 Å². The molecule has 170 valence electrons. The number of benzene rings is 2. The zero-order valence-corrected chi connectivity index (χ0v) is 19.8. The average molecular weight is 459 g/mol. The van der Waals surface area contributed by atoms with Gasteiger partial charge in [0, 0.05) is 17.0 Å². The fourth-order valence-electron chi connectivity index (χ4n) is 5.20. The Balaban J connectivity index is 1.72. The van der Waals surface area contributed by atoms with E-state index in [2.05, 4.69) is 29.2 Å². The lowest BCUT2D eigenvalue weighted by atomic mass is 9.91. The van der Waals surface area contributed by atoms with Crippen molar-refractivity contribution in [2.75, 3.05) is 0 Å². The molecule has 0 fully saturated rings. The topological polar surface area (TPSA) is 46.0 Å². The van der Waals surface area contributed by atoms with E-state index < -0.39 is 6.10 Å². The first-order chi connectivity index (χ1) is 16.2. The Morgan fingerprint density at radius 3 is 2.15 bits per heavy atom. The van der Waals surface area contributed by atoms with Crippen molar-refractivity contribution >= 4 is 33.3 Å². The van der Waals surface area contributed by atoms with Crippen LogP contribution in [0.4, 0.5) is 0 Å². The number of hydrogen-bond acceptors (Lipinski definition) is 3.